The fourth-order valence-corrected chi connectivity index (χ4v) is 5.98. The maximum absolute atomic E-state index is 13.1. The van der Waals surface area contributed by atoms with E-state index in [1.165, 1.54) is 48.8 Å². The van der Waals surface area contributed by atoms with E-state index in [2.05, 4.69) is 22.1 Å². The highest BCUT2D eigenvalue weighted by atomic mass is 32.2. The van der Waals surface area contributed by atoms with E-state index in [0.29, 0.717) is 23.0 Å². The first-order valence-electron chi connectivity index (χ1n) is 9.92. The minimum Gasteiger partial charge on any atom is -0.481 e. The topological polar surface area (TPSA) is 82.5 Å². The zero-order chi connectivity index (χ0) is 19.2. The number of aromatic nitrogens is 1. The highest BCUT2D eigenvalue weighted by Crippen LogP contribution is 2.34. The second-order valence-electron chi connectivity index (χ2n) is 7.67. The van der Waals surface area contributed by atoms with Crippen LogP contribution in [0.15, 0.2) is 10.4 Å². The number of hydrogen-bond acceptors (Lipinski definition) is 5. The standard InChI is InChI=1S/C19H29N3O3S2/c1-13-6-8-15(9-7-13)22(14-4-2-3-5-14)19(25)21-18-20-12-17(27-18)26-11-10-16(23)24/h12-15H,2-11H2,1H3,(H,23,24)(H,20,21,25). The number of carbonyl (C=O) groups excluding carboxylic acids is 1. The number of nitrogens with one attached hydrogen (secondary N) is 1. The van der Waals surface area contributed by atoms with Crippen LogP contribution in [0.3, 0.4) is 0 Å². The molecule has 2 N–H and O–H groups in total. The predicted molar refractivity (Wildman–Crippen MR) is 110 cm³/mol. The number of thiazole rings is 1. The summed E-state index contributed by atoms with van der Waals surface area (Å²) in [6.07, 6.45) is 11.1. The minimum atomic E-state index is -0.797. The average molecular weight is 412 g/mol. The second kappa shape index (κ2) is 9.78. The molecule has 0 aromatic carbocycles. The van der Waals surface area contributed by atoms with Gasteiger partial charge in [-0.05, 0) is 44.4 Å². The van der Waals surface area contributed by atoms with Gasteiger partial charge >= 0.3 is 12.0 Å². The fraction of sp³-hybridized carbons (Fsp3) is 0.737. The van der Waals surface area contributed by atoms with Gasteiger partial charge in [0.15, 0.2) is 5.13 Å². The van der Waals surface area contributed by atoms with Gasteiger partial charge in [-0.15, -0.1) is 11.8 Å². The number of rotatable bonds is 7. The Balaban J connectivity index is 1.60. The number of nitrogens with zero attached hydrogens (tertiary/aromatic N) is 2. The quantitative estimate of drug-likeness (QED) is 0.613. The molecule has 150 valence electrons. The van der Waals surface area contributed by atoms with E-state index in [1.54, 1.807) is 6.20 Å². The predicted octanol–water partition coefficient (Wildman–Crippen LogP) is 5.07. The average Bonchev–Trinajstić information content (AvgIpc) is 3.29. The molecule has 0 spiro atoms. The Morgan fingerprint density at radius 1 is 1.22 bits per heavy atom. The van der Waals surface area contributed by atoms with Crippen LogP contribution in [0, 0.1) is 5.92 Å². The molecule has 1 aromatic heterocycles. The highest BCUT2D eigenvalue weighted by molar-refractivity contribution is 8.01. The molecule has 0 radical (unpaired) electrons. The van der Waals surface area contributed by atoms with Crippen LogP contribution in [0.2, 0.25) is 0 Å². The van der Waals surface area contributed by atoms with E-state index < -0.39 is 5.97 Å². The lowest BCUT2D eigenvalue weighted by molar-refractivity contribution is -0.136. The monoisotopic (exact) mass is 411 g/mol. The third-order valence-electron chi connectivity index (χ3n) is 5.59. The Labute approximate surface area is 169 Å². The van der Waals surface area contributed by atoms with Crippen LogP contribution in [0.5, 0.6) is 0 Å². The van der Waals surface area contributed by atoms with Crippen LogP contribution in [0.1, 0.15) is 64.7 Å². The largest absolute Gasteiger partial charge is 0.481 e. The molecule has 6 nitrogen and oxygen atoms in total. The lowest BCUT2D eigenvalue weighted by Crippen LogP contribution is -2.49. The first-order valence-corrected chi connectivity index (χ1v) is 11.7. The van der Waals surface area contributed by atoms with Gasteiger partial charge in [0, 0.05) is 17.8 Å². The van der Waals surface area contributed by atoms with Crippen LogP contribution in [-0.2, 0) is 4.79 Å². The molecule has 0 unspecified atom stereocenters. The molecular weight excluding hydrogens is 382 g/mol. The molecule has 1 aromatic rings. The number of carboxylic acid groups (broad SMARTS) is 1. The number of anilines is 1. The van der Waals surface area contributed by atoms with Gasteiger partial charge in [0.1, 0.15) is 0 Å². The zero-order valence-electron chi connectivity index (χ0n) is 15.9. The smallest absolute Gasteiger partial charge is 0.324 e. The molecule has 2 fully saturated rings. The van der Waals surface area contributed by atoms with Crippen molar-refractivity contribution in [2.45, 2.75) is 81.0 Å². The van der Waals surface area contributed by atoms with Gasteiger partial charge < -0.3 is 10.0 Å². The Bertz CT molecular complexity index is 638. The van der Waals surface area contributed by atoms with Crippen LogP contribution < -0.4 is 5.32 Å². The minimum absolute atomic E-state index is 0.0158. The maximum atomic E-state index is 13.1. The summed E-state index contributed by atoms with van der Waals surface area (Å²) in [6.45, 7) is 2.30. The Morgan fingerprint density at radius 2 is 1.89 bits per heavy atom. The molecular formula is C19H29N3O3S2. The summed E-state index contributed by atoms with van der Waals surface area (Å²) in [5.41, 5.74) is 0. The summed E-state index contributed by atoms with van der Waals surface area (Å²) in [6, 6.07) is 0.680. The third kappa shape index (κ3) is 5.85. The number of carbonyl (C=O) groups is 2. The van der Waals surface area contributed by atoms with Gasteiger partial charge in [-0.3, -0.25) is 10.1 Å². The van der Waals surface area contributed by atoms with Gasteiger partial charge in [-0.1, -0.05) is 31.1 Å². The molecule has 0 saturated heterocycles. The molecule has 8 heteroatoms. The van der Waals surface area contributed by atoms with Crippen molar-refractivity contribution in [3.63, 3.8) is 0 Å². The van der Waals surface area contributed by atoms with Crippen molar-refractivity contribution >= 4 is 40.2 Å². The van der Waals surface area contributed by atoms with Crippen molar-refractivity contribution in [2.75, 3.05) is 11.1 Å². The summed E-state index contributed by atoms with van der Waals surface area (Å²) in [7, 11) is 0. The van der Waals surface area contributed by atoms with Crippen molar-refractivity contribution in [3.05, 3.63) is 6.20 Å². The summed E-state index contributed by atoms with van der Waals surface area (Å²) < 4.78 is 0.936. The molecule has 1 heterocycles. The van der Waals surface area contributed by atoms with Crippen molar-refractivity contribution < 1.29 is 14.7 Å². The van der Waals surface area contributed by atoms with E-state index in [-0.39, 0.29) is 12.5 Å². The third-order valence-corrected chi connectivity index (χ3v) is 7.70. The molecule has 3 rings (SSSR count). The van der Waals surface area contributed by atoms with Gasteiger partial charge in [0.05, 0.1) is 16.8 Å². The summed E-state index contributed by atoms with van der Waals surface area (Å²) in [5.74, 6) is 0.480. The fourth-order valence-electron chi connectivity index (χ4n) is 4.11. The number of hydrogen-bond donors (Lipinski definition) is 2. The van der Waals surface area contributed by atoms with E-state index >= 15 is 0 Å². The Morgan fingerprint density at radius 3 is 2.56 bits per heavy atom. The molecule has 2 aliphatic carbocycles. The second-order valence-corrected chi connectivity index (χ2v) is 10.1. The van der Waals surface area contributed by atoms with Crippen molar-refractivity contribution in [1.29, 1.82) is 0 Å². The number of carboxylic acids is 1. The van der Waals surface area contributed by atoms with Gasteiger partial charge in [0.25, 0.3) is 0 Å². The number of aliphatic carboxylic acids is 1. The number of urea groups is 1. The SMILES string of the molecule is CC1CCC(N(C(=O)Nc2ncc(SCCC(=O)O)s2)C2CCCC2)CC1. The molecule has 0 aliphatic heterocycles. The van der Waals surface area contributed by atoms with Crippen LogP contribution in [-0.4, -0.2) is 44.8 Å². The van der Waals surface area contributed by atoms with E-state index in [4.69, 9.17) is 5.11 Å². The molecule has 27 heavy (non-hydrogen) atoms. The first-order chi connectivity index (χ1) is 13.0. The zero-order valence-corrected chi connectivity index (χ0v) is 17.5. The van der Waals surface area contributed by atoms with Crippen LogP contribution >= 0.6 is 23.1 Å². The van der Waals surface area contributed by atoms with Crippen LogP contribution in [0.4, 0.5) is 9.93 Å². The molecule has 2 amide bonds. The summed E-state index contributed by atoms with van der Waals surface area (Å²) >= 11 is 2.89. The van der Waals surface area contributed by atoms with E-state index in [0.717, 1.165) is 35.8 Å². The maximum Gasteiger partial charge on any atom is 0.324 e. The number of thioether (sulfide) groups is 1. The molecule has 0 atom stereocenters. The van der Waals surface area contributed by atoms with E-state index in [1.807, 2.05) is 0 Å². The number of amides is 2. The highest BCUT2D eigenvalue weighted by Gasteiger charge is 2.34. The lowest BCUT2D eigenvalue weighted by atomic mass is 9.86. The van der Waals surface area contributed by atoms with Crippen molar-refractivity contribution in [3.8, 4) is 0 Å². The van der Waals surface area contributed by atoms with E-state index in [9.17, 15) is 9.59 Å². The Hall–Kier alpha value is -1.28. The molecule has 2 saturated carbocycles. The normalized spacial score (nSPS) is 23.3. The first kappa shape index (κ1) is 20.5. The van der Waals surface area contributed by atoms with Crippen molar-refractivity contribution in [2.24, 2.45) is 5.92 Å². The summed E-state index contributed by atoms with van der Waals surface area (Å²) in [4.78, 5) is 30.1. The Kier molecular flexibility index (Phi) is 7.41. The van der Waals surface area contributed by atoms with Crippen molar-refractivity contribution in [1.82, 2.24) is 9.88 Å². The summed E-state index contributed by atoms with van der Waals surface area (Å²) in [5, 5.41) is 12.3. The van der Waals surface area contributed by atoms with Gasteiger partial charge in [-0.2, -0.15) is 0 Å². The van der Waals surface area contributed by atoms with Gasteiger partial charge in [0.2, 0.25) is 0 Å². The molecule has 2 aliphatic rings. The van der Waals surface area contributed by atoms with Crippen LogP contribution in [0.25, 0.3) is 0 Å². The molecule has 0 bridgehead atoms. The lowest BCUT2D eigenvalue weighted by Gasteiger charge is -2.39. The van der Waals surface area contributed by atoms with Gasteiger partial charge in [-0.25, -0.2) is 9.78 Å².